The summed E-state index contributed by atoms with van der Waals surface area (Å²) in [6.45, 7) is -0.352. The zero-order valence-corrected chi connectivity index (χ0v) is 9.25. The summed E-state index contributed by atoms with van der Waals surface area (Å²) in [5, 5.41) is 0. The minimum absolute atomic E-state index is 0.248. The number of halogens is 3. The predicted molar refractivity (Wildman–Crippen MR) is 54.6 cm³/mol. The average molecular weight is 265 g/mol. The number of alkyl halides is 3. The molecule has 0 amide bonds. The van der Waals surface area contributed by atoms with Crippen LogP contribution in [0.1, 0.15) is 16.2 Å². The van der Waals surface area contributed by atoms with Crippen LogP contribution in [0.15, 0.2) is 6.07 Å². The molecular weight excluding hydrogens is 255 g/mol. The van der Waals surface area contributed by atoms with E-state index < -0.39 is 18.1 Å². The molecule has 0 aliphatic rings. The van der Waals surface area contributed by atoms with Gasteiger partial charge in [-0.3, -0.25) is 0 Å². The standard InChI is InChI=1S/C9H10F3N3O3/c1-17-8(16)7-4(14)2-6(5(3-13)15-7)18-9(10,11)12/h2H,3,13-14H2,1H3. The normalized spacial score (nSPS) is 11.2. The second-order valence-corrected chi connectivity index (χ2v) is 3.11. The highest BCUT2D eigenvalue weighted by Crippen LogP contribution is 2.28. The first-order valence-corrected chi connectivity index (χ1v) is 4.62. The Hall–Kier alpha value is -2.03. The Bertz CT molecular complexity index is 462. The summed E-state index contributed by atoms with van der Waals surface area (Å²) < 4.78 is 44.3. The van der Waals surface area contributed by atoms with E-state index in [9.17, 15) is 18.0 Å². The molecule has 100 valence electrons. The molecule has 0 unspecified atom stereocenters. The molecule has 1 aromatic rings. The van der Waals surface area contributed by atoms with E-state index in [0.29, 0.717) is 0 Å². The van der Waals surface area contributed by atoms with E-state index >= 15 is 0 Å². The monoisotopic (exact) mass is 265 g/mol. The maximum atomic E-state index is 12.1. The third kappa shape index (κ3) is 3.23. The minimum Gasteiger partial charge on any atom is -0.464 e. The van der Waals surface area contributed by atoms with Gasteiger partial charge in [-0.05, 0) is 0 Å². The highest BCUT2D eigenvalue weighted by Gasteiger charge is 2.33. The third-order valence-electron chi connectivity index (χ3n) is 1.89. The van der Waals surface area contributed by atoms with Crippen molar-refractivity contribution in [1.29, 1.82) is 0 Å². The number of nitrogens with two attached hydrogens (primary N) is 2. The number of nitrogen functional groups attached to an aromatic ring is 1. The predicted octanol–water partition coefficient (Wildman–Crippen LogP) is 0.808. The Morgan fingerprint density at radius 2 is 2.11 bits per heavy atom. The SMILES string of the molecule is COC(=O)c1nc(CN)c(OC(F)(F)F)cc1N. The first kappa shape index (κ1) is 14.0. The lowest BCUT2D eigenvalue weighted by Gasteiger charge is -2.13. The van der Waals surface area contributed by atoms with Gasteiger partial charge >= 0.3 is 12.3 Å². The second-order valence-electron chi connectivity index (χ2n) is 3.11. The van der Waals surface area contributed by atoms with Crippen molar-refractivity contribution in [3.63, 3.8) is 0 Å². The number of aromatic nitrogens is 1. The van der Waals surface area contributed by atoms with Crippen molar-refractivity contribution < 1.29 is 27.4 Å². The highest BCUT2D eigenvalue weighted by atomic mass is 19.4. The van der Waals surface area contributed by atoms with Gasteiger partial charge in [0.05, 0.1) is 18.5 Å². The van der Waals surface area contributed by atoms with E-state index in [0.717, 1.165) is 13.2 Å². The maximum absolute atomic E-state index is 12.1. The summed E-state index contributed by atoms with van der Waals surface area (Å²) in [7, 11) is 1.09. The van der Waals surface area contributed by atoms with Crippen molar-refractivity contribution in [1.82, 2.24) is 4.98 Å². The Morgan fingerprint density at radius 1 is 1.50 bits per heavy atom. The van der Waals surface area contributed by atoms with E-state index in [1.807, 2.05) is 0 Å². The summed E-state index contributed by atoms with van der Waals surface area (Å²) >= 11 is 0. The molecule has 0 bridgehead atoms. The molecule has 9 heteroatoms. The molecule has 6 nitrogen and oxygen atoms in total. The number of esters is 1. The van der Waals surface area contributed by atoms with Crippen LogP contribution in [0.5, 0.6) is 5.75 Å². The average Bonchev–Trinajstić information content (AvgIpc) is 2.26. The lowest BCUT2D eigenvalue weighted by Crippen LogP contribution is -2.21. The largest absolute Gasteiger partial charge is 0.573 e. The van der Waals surface area contributed by atoms with Crippen LogP contribution in [-0.2, 0) is 11.3 Å². The molecule has 1 heterocycles. The number of rotatable bonds is 3. The summed E-state index contributed by atoms with van der Waals surface area (Å²) in [5.41, 5.74) is 9.76. The molecule has 0 aliphatic carbocycles. The lowest BCUT2D eigenvalue weighted by atomic mass is 10.2. The fourth-order valence-corrected chi connectivity index (χ4v) is 1.17. The number of ether oxygens (including phenoxy) is 2. The zero-order chi connectivity index (χ0) is 13.9. The molecule has 0 spiro atoms. The van der Waals surface area contributed by atoms with Gasteiger partial charge in [0.2, 0.25) is 0 Å². The van der Waals surface area contributed by atoms with Crippen LogP contribution < -0.4 is 16.2 Å². The Kier molecular flexibility index (Phi) is 3.96. The van der Waals surface area contributed by atoms with Gasteiger partial charge in [0.25, 0.3) is 0 Å². The van der Waals surface area contributed by atoms with Crippen LogP contribution in [0.4, 0.5) is 18.9 Å². The first-order valence-electron chi connectivity index (χ1n) is 4.62. The van der Waals surface area contributed by atoms with E-state index in [1.165, 1.54) is 0 Å². The molecule has 0 aromatic carbocycles. The van der Waals surface area contributed by atoms with E-state index in [1.54, 1.807) is 0 Å². The van der Waals surface area contributed by atoms with Gasteiger partial charge < -0.3 is 20.9 Å². The summed E-state index contributed by atoms with van der Waals surface area (Å²) in [4.78, 5) is 14.8. The third-order valence-corrected chi connectivity index (χ3v) is 1.89. The van der Waals surface area contributed by atoms with Crippen molar-refractivity contribution in [3.8, 4) is 5.75 Å². The molecule has 0 saturated heterocycles. The molecule has 1 rings (SSSR count). The highest BCUT2D eigenvalue weighted by molar-refractivity contribution is 5.93. The smallest absolute Gasteiger partial charge is 0.464 e. The van der Waals surface area contributed by atoms with Gasteiger partial charge in [0.15, 0.2) is 11.4 Å². The molecule has 0 radical (unpaired) electrons. The number of carbonyl (C=O) groups excluding carboxylic acids is 1. The lowest BCUT2D eigenvalue weighted by molar-refractivity contribution is -0.275. The Balaban J connectivity index is 3.23. The number of pyridine rings is 1. The summed E-state index contributed by atoms with van der Waals surface area (Å²) in [5.74, 6) is -1.52. The molecule has 0 aliphatic heterocycles. The molecule has 1 aromatic heterocycles. The fraction of sp³-hybridized carbons (Fsp3) is 0.333. The molecule has 0 saturated carbocycles. The number of carbonyl (C=O) groups is 1. The number of nitrogens with zero attached hydrogens (tertiary/aromatic N) is 1. The van der Waals surface area contributed by atoms with Crippen LogP contribution >= 0.6 is 0 Å². The molecule has 18 heavy (non-hydrogen) atoms. The summed E-state index contributed by atoms with van der Waals surface area (Å²) in [6, 6.07) is 0.828. The Labute approximate surface area is 99.7 Å². The van der Waals surface area contributed by atoms with Crippen LogP contribution in [0.25, 0.3) is 0 Å². The van der Waals surface area contributed by atoms with Crippen molar-refractivity contribution in [2.24, 2.45) is 5.73 Å². The zero-order valence-electron chi connectivity index (χ0n) is 9.25. The molecule has 0 atom stereocenters. The maximum Gasteiger partial charge on any atom is 0.573 e. The van der Waals surface area contributed by atoms with Crippen LogP contribution in [0.3, 0.4) is 0 Å². The van der Waals surface area contributed by atoms with Gasteiger partial charge in [0.1, 0.15) is 0 Å². The number of hydrogen-bond donors (Lipinski definition) is 2. The van der Waals surface area contributed by atoms with Crippen LogP contribution in [0, 0.1) is 0 Å². The first-order chi connectivity index (χ1) is 8.28. The summed E-state index contributed by atoms with van der Waals surface area (Å²) in [6.07, 6.45) is -4.90. The van der Waals surface area contributed by atoms with Gasteiger partial charge in [-0.1, -0.05) is 0 Å². The quantitative estimate of drug-likeness (QED) is 0.784. The van der Waals surface area contributed by atoms with Crippen molar-refractivity contribution in [2.45, 2.75) is 12.9 Å². The van der Waals surface area contributed by atoms with Crippen LogP contribution in [0.2, 0.25) is 0 Å². The van der Waals surface area contributed by atoms with Gasteiger partial charge in [-0.15, -0.1) is 13.2 Å². The van der Waals surface area contributed by atoms with Crippen molar-refractivity contribution >= 4 is 11.7 Å². The minimum atomic E-state index is -4.90. The number of hydrogen-bond acceptors (Lipinski definition) is 6. The van der Waals surface area contributed by atoms with E-state index in [-0.39, 0.29) is 23.6 Å². The van der Waals surface area contributed by atoms with Crippen LogP contribution in [-0.4, -0.2) is 24.4 Å². The Morgan fingerprint density at radius 3 is 2.56 bits per heavy atom. The van der Waals surface area contributed by atoms with E-state index in [2.05, 4.69) is 14.5 Å². The molecule has 0 fully saturated rings. The van der Waals surface area contributed by atoms with Gasteiger partial charge in [0, 0.05) is 12.6 Å². The molecule has 4 N–H and O–H groups in total. The topological polar surface area (TPSA) is 100 Å². The number of methoxy groups -OCH3 is 1. The van der Waals surface area contributed by atoms with Gasteiger partial charge in [-0.25, -0.2) is 9.78 Å². The van der Waals surface area contributed by atoms with Crippen molar-refractivity contribution in [3.05, 3.63) is 17.5 Å². The second kappa shape index (κ2) is 5.08. The number of anilines is 1. The molecular formula is C9H10F3N3O3. The van der Waals surface area contributed by atoms with Gasteiger partial charge in [-0.2, -0.15) is 0 Å². The van der Waals surface area contributed by atoms with Crippen molar-refractivity contribution in [2.75, 3.05) is 12.8 Å². The van der Waals surface area contributed by atoms with E-state index in [4.69, 9.17) is 11.5 Å². The fourth-order valence-electron chi connectivity index (χ4n) is 1.17.